The highest BCUT2D eigenvalue weighted by atomic mass is 79.9. The van der Waals surface area contributed by atoms with Crippen molar-refractivity contribution in [1.29, 1.82) is 0 Å². The van der Waals surface area contributed by atoms with Gasteiger partial charge in [0, 0.05) is 11.4 Å². The Labute approximate surface area is 97.8 Å². The number of aryl methyl sites for hydroxylation is 1. The van der Waals surface area contributed by atoms with Crippen molar-refractivity contribution in [3.63, 3.8) is 0 Å². The zero-order valence-corrected chi connectivity index (χ0v) is 9.90. The molecule has 0 aromatic heterocycles. The van der Waals surface area contributed by atoms with Gasteiger partial charge in [0.15, 0.2) is 0 Å². The van der Waals surface area contributed by atoms with Crippen LogP contribution in [0.25, 0.3) is 0 Å². The molecule has 0 atom stereocenters. The number of carbonyl (C=O) groups is 1. The standard InChI is InChI=1S/C12H13BrO2/c13-9-8-11-6-4-10(5-7-11)2-1-3-12(14)15/h1,3-7H,2,8-9H2,(H,14,15). The molecule has 0 unspecified atom stereocenters. The van der Waals surface area contributed by atoms with Gasteiger partial charge < -0.3 is 5.11 Å². The number of hydrogen-bond donors (Lipinski definition) is 1. The lowest BCUT2D eigenvalue weighted by Crippen LogP contribution is -1.89. The molecule has 15 heavy (non-hydrogen) atoms. The van der Waals surface area contributed by atoms with Gasteiger partial charge in [0.2, 0.25) is 0 Å². The van der Waals surface area contributed by atoms with Crippen LogP contribution >= 0.6 is 15.9 Å². The van der Waals surface area contributed by atoms with Gasteiger partial charge in [0.05, 0.1) is 0 Å². The number of rotatable bonds is 5. The topological polar surface area (TPSA) is 37.3 Å². The zero-order chi connectivity index (χ0) is 11.1. The molecule has 0 aliphatic heterocycles. The number of benzene rings is 1. The third-order valence-corrected chi connectivity index (χ3v) is 2.42. The SMILES string of the molecule is O=C(O)C=CCc1ccc(CCBr)cc1. The third kappa shape index (κ3) is 4.79. The van der Waals surface area contributed by atoms with Gasteiger partial charge in [0.1, 0.15) is 0 Å². The summed E-state index contributed by atoms with van der Waals surface area (Å²) in [5.41, 5.74) is 2.42. The van der Waals surface area contributed by atoms with E-state index in [1.54, 1.807) is 6.08 Å². The fraction of sp³-hybridized carbons (Fsp3) is 0.250. The second-order valence-corrected chi connectivity index (χ2v) is 3.99. The smallest absolute Gasteiger partial charge is 0.327 e. The molecule has 0 bridgehead atoms. The number of hydrogen-bond acceptors (Lipinski definition) is 1. The van der Waals surface area contributed by atoms with Crippen molar-refractivity contribution in [2.24, 2.45) is 0 Å². The molecule has 0 fully saturated rings. The number of allylic oxidation sites excluding steroid dienone is 1. The molecule has 0 radical (unpaired) electrons. The van der Waals surface area contributed by atoms with Gasteiger partial charge in [-0.1, -0.05) is 46.3 Å². The first kappa shape index (κ1) is 12.0. The monoisotopic (exact) mass is 268 g/mol. The molecule has 0 saturated heterocycles. The van der Waals surface area contributed by atoms with Crippen molar-refractivity contribution in [3.8, 4) is 0 Å². The van der Waals surface area contributed by atoms with Gasteiger partial charge in [0.25, 0.3) is 0 Å². The summed E-state index contributed by atoms with van der Waals surface area (Å²) in [6.45, 7) is 0. The summed E-state index contributed by atoms with van der Waals surface area (Å²) < 4.78 is 0. The van der Waals surface area contributed by atoms with Crippen LogP contribution in [0.2, 0.25) is 0 Å². The van der Waals surface area contributed by atoms with E-state index < -0.39 is 5.97 Å². The van der Waals surface area contributed by atoms with Crippen LogP contribution in [-0.2, 0) is 17.6 Å². The van der Waals surface area contributed by atoms with E-state index in [1.807, 2.05) is 12.1 Å². The third-order valence-electron chi connectivity index (χ3n) is 2.02. The van der Waals surface area contributed by atoms with Gasteiger partial charge in [-0.25, -0.2) is 4.79 Å². The Hall–Kier alpha value is -1.09. The van der Waals surface area contributed by atoms with Crippen molar-refractivity contribution in [3.05, 3.63) is 47.5 Å². The molecule has 0 heterocycles. The zero-order valence-electron chi connectivity index (χ0n) is 8.32. The van der Waals surface area contributed by atoms with E-state index in [0.29, 0.717) is 6.42 Å². The molecule has 1 rings (SSSR count). The highest BCUT2D eigenvalue weighted by Gasteiger charge is 1.93. The van der Waals surface area contributed by atoms with Crippen LogP contribution in [0.3, 0.4) is 0 Å². The minimum atomic E-state index is -0.897. The van der Waals surface area contributed by atoms with Crippen molar-refractivity contribution in [2.45, 2.75) is 12.8 Å². The van der Waals surface area contributed by atoms with Crippen molar-refractivity contribution in [2.75, 3.05) is 5.33 Å². The minimum Gasteiger partial charge on any atom is -0.478 e. The van der Waals surface area contributed by atoms with Crippen LogP contribution in [0.5, 0.6) is 0 Å². The Kier molecular flexibility index (Phi) is 5.12. The molecule has 3 heteroatoms. The van der Waals surface area contributed by atoms with E-state index >= 15 is 0 Å². The molecule has 1 N–H and O–H groups in total. The Balaban J connectivity index is 2.53. The quantitative estimate of drug-likeness (QED) is 0.659. The van der Waals surface area contributed by atoms with Gasteiger partial charge in [-0.05, 0) is 24.0 Å². The first-order valence-electron chi connectivity index (χ1n) is 4.75. The highest BCUT2D eigenvalue weighted by Crippen LogP contribution is 2.07. The number of aliphatic carboxylic acids is 1. The lowest BCUT2D eigenvalue weighted by atomic mass is 10.1. The summed E-state index contributed by atoms with van der Waals surface area (Å²) in [6.07, 6.45) is 4.51. The maximum atomic E-state index is 10.2. The van der Waals surface area contributed by atoms with E-state index in [-0.39, 0.29) is 0 Å². The molecule has 0 amide bonds. The predicted molar refractivity (Wildman–Crippen MR) is 64.4 cm³/mol. The lowest BCUT2D eigenvalue weighted by Gasteiger charge is -1.99. The molecular formula is C12H13BrO2. The van der Waals surface area contributed by atoms with Crippen molar-refractivity contribution < 1.29 is 9.90 Å². The largest absolute Gasteiger partial charge is 0.478 e. The summed E-state index contributed by atoms with van der Waals surface area (Å²) in [6, 6.07) is 8.21. The van der Waals surface area contributed by atoms with Crippen molar-refractivity contribution >= 4 is 21.9 Å². The molecule has 0 aliphatic rings. The van der Waals surface area contributed by atoms with E-state index in [9.17, 15) is 4.79 Å². The van der Waals surface area contributed by atoms with Crippen LogP contribution in [-0.4, -0.2) is 16.4 Å². The molecule has 1 aromatic rings. The number of carboxylic acids is 1. The number of halogens is 1. The Bertz CT molecular complexity index is 341. The molecule has 0 saturated carbocycles. The van der Waals surface area contributed by atoms with Crippen LogP contribution in [0.15, 0.2) is 36.4 Å². The summed E-state index contributed by atoms with van der Waals surface area (Å²) in [4.78, 5) is 10.2. The highest BCUT2D eigenvalue weighted by molar-refractivity contribution is 9.09. The fourth-order valence-corrected chi connectivity index (χ4v) is 1.70. The van der Waals surface area contributed by atoms with E-state index in [2.05, 4.69) is 28.1 Å². The van der Waals surface area contributed by atoms with Gasteiger partial charge in [-0.2, -0.15) is 0 Å². The molecule has 0 aliphatic carbocycles. The van der Waals surface area contributed by atoms with E-state index in [1.165, 1.54) is 11.6 Å². The number of carboxylic acid groups (broad SMARTS) is 1. The van der Waals surface area contributed by atoms with E-state index in [4.69, 9.17) is 5.11 Å². The van der Waals surface area contributed by atoms with Gasteiger partial charge >= 0.3 is 5.97 Å². The maximum Gasteiger partial charge on any atom is 0.327 e. The molecule has 1 aromatic carbocycles. The Morgan fingerprint density at radius 1 is 1.27 bits per heavy atom. The normalized spacial score (nSPS) is 10.7. The summed E-state index contributed by atoms with van der Waals surface area (Å²) in [5, 5.41) is 9.38. The second-order valence-electron chi connectivity index (χ2n) is 3.20. The fourth-order valence-electron chi connectivity index (χ4n) is 1.25. The van der Waals surface area contributed by atoms with Crippen LogP contribution in [0.4, 0.5) is 0 Å². The average molecular weight is 269 g/mol. The predicted octanol–water partition coefficient (Wildman–Crippen LogP) is 2.81. The summed E-state index contributed by atoms with van der Waals surface area (Å²) >= 11 is 3.39. The first-order chi connectivity index (χ1) is 7.22. The first-order valence-corrected chi connectivity index (χ1v) is 5.88. The Morgan fingerprint density at radius 2 is 1.87 bits per heavy atom. The molecule has 0 spiro atoms. The summed E-state index contributed by atoms with van der Waals surface area (Å²) in [7, 11) is 0. The van der Waals surface area contributed by atoms with Gasteiger partial charge in [-0.3, -0.25) is 0 Å². The number of alkyl halides is 1. The van der Waals surface area contributed by atoms with Crippen molar-refractivity contribution in [1.82, 2.24) is 0 Å². The van der Waals surface area contributed by atoms with Crippen LogP contribution in [0, 0.1) is 0 Å². The molecular weight excluding hydrogens is 256 g/mol. The second kappa shape index (κ2) is 6.40. The van der Waals surface area contributed by atoms with Gasteiger partial charge in [-0.15, -0.1) is 0 Å². The maximum absolute atomic E-state index is 10.2. The molecule has 2 nitrogen and oxygen atoms in total. The average Bonchev–Trinajstić information content (AvgIpc) is 2.20. The molecule has 80 valence electrons. The Morgan fingerprint density at radius 3 is 2.40 bits per heavy atom. The van der Waals surface area contributed by atoms with E-state index in [0.717, 1.165) is 17.3 Å². The summed E-state index contributed by atoms with van der Waals surface area (Å²) in [5.74, 6) is -0.897. The van der Waals surface area contributed by atoms with Crippen LogP contribution < -0.4 is 0 Å². The lowest BCUT2D eigenvalue weighted by molar-refractivity contribution is -0.131. The minimum absolute atomic E-state index is 0.668. The van der Waals surface area contributed by atoms with Crippen LogP contribution in [0.1, 0.15) is 11.1 Å².